The predicted molar refractivity (Wildman–Crippen MR) is 108 cm³/mol. The Morgan fingerprint density at radius 3 is 2.38 bits per heavy atom. The van der Waals surface area contributed by atoms with Gasteiger partial charge in [0.25, 0.3) is 0 Å². The molecule has 1 N–H and O–H groups in total. The zero-order valence-electron chi connectivity index (χ0n) is 13.9. The van der Waals surface area contributed by atoms with Crippen molar-refractivity contribution in [2.75, 3.05) is 0 Å². The number of aromatic nitrogens is 1. The number of rotatable bonds is 3. The molecule has 2 aromatic carbocycles. The van der Waals surface area contributed by atoms with Gasteiger partial charge in [-0.2, -0.15) is 0 Å². The van der Waals surface area contributed by atoms with Crippen LogP contribution in [0.4, 0.5) is 5.69 Å². The summed E-state index contributed by atoms with van der Waals surface area (Å²) in [6.45, 7) is 6.35. The second-order valence-electron chi connectivity index (χ2n) is 5.87. The molecule has 0 unspecified atom stereocenters. The van der Waals surface area contributed by atoms with Gasteiger partial charge >= 0.3 is 0 Å². The van der Waals surface area contributed by atoms with Crippen molar-refractivity contribution in [1.29, 1.82) is 0 Å². The average molecular weight is 430 g/mol. The summed E-state index contributed by atoms with van der Waals surface area (Å²) in [5, 5.41) is 9.34. The topological polar surface area (TPSA) is 37.5 Å². The van der Waals surface area contributed by atoms with Crippen molar-refractivity contribution in [1.82, 2.24) is 4.57 Å². The molecule has 0 bridgehead atoms. The van der Waals surface area contributed by atoms with Crippen molar-refractivity contribution in [3.63, 3.8) is 0 Å². The van der Waals surface area contributed by atoms with Gasteiger partial charge in [0.2, 0.25) is 0 Å². The van der Waals surface area contributed by atoms with Crippen LogP contribution >= 0.6 is 22.6 Å². The van der Waals surface area contributed by atoms with E-state index in [1.165, 1.54) is 20.5 Å². The first-order valence-electron chi connectivity index (χ1n) is 7.74. The molecule has 0 spiro atoms. The minimum Gasteiger partial charge on any atom is -0.508 e. The molecule has 4 heteroatoms. The maximum atomic E-state index is 9.34. The van der Waals surface area contributed by atoms with E-state index < -0.39 is 0 Å². The highest BCUT2D eigenvalue weighted by Gasteiger charge is 2.10. The molecule has 0 radical (unpaired) electrons. The lowest BCUT2D eigenvalue weighted by Crippen LogP contribution is -2.00. The summed E-state index contributed by atoms with van der Waals surface area (Å²) in [5.74, 6) is 0.251. The van der Waals surface area contributed by atoms with Crippen molar-refractivity contribution < 1.29 is 5.11 Å². The van der Waals surface area contributed by atoms with Crippen molar-refractivity contribution >= 4 is 34.5 Å². The van der Waals surface area contributed by atoms with Crippen LogP contribution in [0.5, 0.6) is 5.75 Å². The van der Waals surface area contributed by atoms with E-state index in [1.807, 2.05) is 6.21 Å². The number of hydrogen-bond acceptors (Lipinski definition) is 2. The second-order valence-corrected chi connectivity index (χ2v) is 7.03. The Kier molecular flexibility index (Phi) is 4.76. The molecule has 0 fully saturated rings. The van der Waals surface area contributed by atoms with Gasteiger partial charge in [-0.15, -0.1) is 0 Å². The number of benzene rings is 2. The number of aromatic hydroxyl groups is 1. The molecule has 1 aromatic heterocycles. The molecular formula is C20H19IN2O. The van der Waals surface area contributed by atoms with Crippen LogP contribution in [-0.2, 0) is 0 Å². The van der Waals surface area contributed by atoms with Gasteiger partial charge in [0.15, 0.2) is 0 Å². The lowest BCUT2D eigenvalue weighted by Gasteiger charge is -2.11. The zero-order chi connectivity index (χ0) is 17.3. The Morgan fingerprint density at radius 1 is 1.00 bits per heavy atom. The Morgan fingerprint density at radius 2 is 1.71 bits per heavy atom. The molecule has 122 valence electrons. The molecular weight excluding hydrogens is 411 g/mol. The van der Waals surface area contributed by atoms with Gasteiger partial charge in [-0.3, -0.25) is 4.99 Å². The largest absolute Gasteiger partial charge is 0.508 e. The minimum absolute atomic E-state index is 0.251. The van der Waals surface area contributed by atoms with Crippen molar-refractivity contribution in [3.05, 3.63) is 74.6 Å². The molecule has 0 atom stereocenters. The predicted octanol–water partition coefficient (Wildman–Crippen LogP) is 5.46. The minimum atomic E-state index is 0.251. The molecule has 3 aromatic rings. The van der Waals surface area contributed by atoms with Gasteiger partial charge < -0.3 is 9.67 Å². The Hall–Kier alpha value is -2.08. The molecule has 0 amide bonds. The summed E-state index contributed by atoms with van der Waals surface area (Å²) >= 11 is 2.36. The molecule has 1 heterocycles. The van der Waals surface area contributed by atoms with Crippen molar-refractivity contribution in [2.45, 2.75) is 20.8 Å². The van der Waals surface area contributed by atoms with Crippen LogP contribution in [0.1, 0.15) is 22.5 Å². The van der Waals surface area contributed by atoms with Crippen LogP contribution in [0.3, 0.4) is 0 Å². The average Bonchev–Trinajstić information content (AvgIpc) is 2.84. The fourth-order valence-corrected chi connectivity index (χ4v) is 3.10. The number of halogens is 1. The Bertz CT molecular complexity index is 908. The number of aliphatic imine (C=N–C) groups is 1. The number of phenols is 1. The summed E-state index contributed by atoms with van der Waals surface area (Å²) < 4.78 is 3.52. The first-order valence-corrected chi connectivity index (χ1v) is 8.82. The number of nitrogens with zero attached hydrogens (tertiary/aromatic N) is 2. The fourth-order valence-electron chi connectivity index (χ4n) is 2.77. The smallest absolute Gasteiger partial charge is 0.115 e. The summed E-state index contributed by atoms with van der Waals surface area (Å²) in [6, 6.07) is 15.5. The zero-order valence-corrected chi connectivity index (χ0v) is 16.1. The highest BCUT2D eigenvalue weighted by molar-refractivity contribution is 14.1. The summed E-state index contributed by atoms with van der Waals surface area (Å²) in [4.78, 5) is 4.51. The van der Waals surface area contributed by atoms with E-state index in [4.69, 9.17) is 0 Å². The number of phenolic OH excluding ortho intramolecular Hbond substituents is 1. The number of hydrogen-bond donors (Lipinski definition) is 1. The Labute approximate surface area is 155 Å². The van der Waals surface area contributed by atoms with E-state index in [-0.39, 0.29) is 5.75 Å². The van der Waals surface area contributed by atoms with Crippen LogP contribution in [0.2, 0.25) is 0 Å². The lowest BCUT2D eigenvalue weighted by molar-refractivity contribution is 0.475. The van der Waals surface area contributed by atoms with Gasteiger partial charge in [0.1, 0.15) is 5.75 Å². The van der Waals surface area contributed by atoms with E-state index >= 15 is 0 Å². The van der Waals surface area contributed by atoms with Crippen LogP contribution in [-0.4, -0.2) is 15.9 Å². The highest BCUT2D eigenvalue weighted by Crippen LogP contribution is 2.23. The molecule has 24 heavy (non-hydrogen) atoms. The van der Waals surface area contributed by atoms with Gasteiger partial charge in [-0.05, 0) is 97.5 Å². The van der Waals surface area contributed by atoms with Gasteiger partial charge in [0, 0.05) is 32.4 Å². The molecule has 3 nitrogen and oxygen atoms in total. The van der Waals surface area contributed by atoms with E-state index in [1.54, 1.807) is 24.3 Å². The molecule has 3 rings (SSSR count). The van der Waals surface area contributed by atoms with E-state index in [0.717, 1.165) is 16.9 Å². The first kappa shape index (κ1) is 16.8. The summed E-state index contributed by atoms with van der Waals surface area (Å²) in [5.41, 5.74) is 6.71. The van der Waals surface area contributed by atoms with E-state index in [2.05, 4.69) is 77.2 Å². The highest BCUT2D eigenvalue weighted by atomic mass is 127. The normalized spacial score (nSPS) is 11.3. The maximum Gasteiger partial charge on any atom is 0.115 e. The third-order valence-electron chi connectivity index (χ3n) is 4.07. The van der Waals surface area contributed by atoms with E-state index in [0.29, 0.717) is 0 Å². The Balaban J connectivity index is 1.97. The molecule has 0 aliphatic heterocycles. The van der Waals surface area contributed by atoms with Gasteiger partial charge in [-0.25, -0.2) is 0 Å². The summed E-state index contributed by atoms with van der Waals surface area (Å²) in [7, 11) is 0. The van der Waals surface area contributed by atoms with Crippen LogP contribution < -0.4 is 0 Å². The lowest BCUT2D eigenvalue weighted by atomic mass is 10.2. The molecule has 0 saturated heterocycles. The third-order valence-corrected chi connectivity index (χ3v) is 5.28. The molecule has 0 aliphatic rings. The first-order chi connectivity index (χ1) is 11.5. The third kappa shape index (κ3) is 3.38. The quantitative estimate of drug-likeness (QED) is 0.435. The van der Waals surface area contributed by atoms with Crippen molar-refractivity contribution in [3.8, 4) is 11.4 Å². The number of aryl methyl sites for hydroxylation is 2. The standard InChI is InChI=1S/C20H19IN2O/c1-13-10-18(6-9-20(13)21)23-14(2)11-16(15(23)3)12-22-17-4-7-19(24)8-5-17/h4-12,24H,1-3H3. The monoisotopic (exact) mass is 430 g/mol. The fraction of sp³-hybridized carbons (Fsp3) is 0.150. The maximum absolute atomic E-state index is 9.34. The second kappa shape index (κ2) is 6.81. The van der Waals surface area contributed by atoms with E-state index in [9.17, 15) is 5.11 Å². The van der Waals surface area contributed by atoms with Gasteiger partial charge in [0.05, 0.1) is 5.69 Å². The van der Waals surface area contributed by atoms with Crippen molar-refractivity contribution in [2.24, 2.45) is 4.99 Å². The SMILES string of the molecule is Cc1cc(-n2c(C)cc(C=Nc3ccc(O)cc3)c2C)ccc1I. The molecule has 0 aliphatic carbocycles. The van der Waals surface area contributed by atoms with Crippen LogP contribution in [0.25, 0.3) is 5.69 Å². The molecule has 0 saturated carbocycles. The van der Waals surface area contributed by atoms with Crippen LogP contribution in [0.15, 0.2) is 53.5 Å². The summed E-state index contributed by atoms with van der Waals surface area (Å²) in [6.07, 6.45) is 1.88. The van der Waals surface area contributed by atoms with Crippen LogP contribution in [0, 0.1) is 24.3 Å². The van der Waals surface area contributed by atoms with Gasteiger partial charge in [-0.1, -0.05) is 0 Å².